The van der Waals surface area contributed by atoms with Gasteiger partial charge in [-0.05, 0) is 18.8 Å². The summed E-state index contributed by atoms with van der Waals surface area (Å²) in [6, 6.07) is 0.211. The molecule has 2 N–H and O–H groups in total. The second kappa shape index (κ2) is 4.57. The van der Waals surface area contributed by atoms with Gasteiger partial charge in [0.05, 0.1) is 0 Å². The molecule has 17 heavy (non-hydrogen) atoms. The number of carbonyl (C=O) groups excluding carboxylic acids is 1. The first-order valence-corrected chi connectivity index (χ1v) is 7.81. The van der Waals surface area contributed by atoms with E-state index in [1.54, 1.807) is 4.90 Å². The van der Waals surface area contributed by atoms with Crippen molar-refractivity contribution in [1.82, 2.24) is 4.90 Å². The molecule has 2 rings (SSSR count). The first-order valence-electron chi connectivity index (χ1n) is 6.20. The van der Waals surface area contributed by atoms with Gasteiger partial charge in [0.15, 0.2) is 0 Å². The fourth-order valence-electron chi connectivity index (χ4n) is 3.00. The maximum Gasteiger partial charge on any atom is 0.224 e. The highest BCUT2D eigenvalue weighted by Crippen LogP contribution is 2.31. The van der Waals surface area contributed by atoms with Gasteiger partial charge in [-0.1, -0.05) is 19.8 Å². The SMILES string of the molecule is CC1CCCCC1N1CC(S(N)(=O)=O)CC1=O. The number of nitrogens with two attached hydrogens (primary N) is 1. The van der Waals surface area contributed by atoms with Crippen molar-refractivity contribution < 1.29 is 13.2 Å². The molecule has 2 fully saturated rings. The fourth-order valence-corrected chi connectivity index (χ4v) is 3.74. The van der Waals surface area contributed by atoms with Crippen LogP contribution in [0.25, 0.3) is 0 Å². The third-order valence-electron chi connectivity index (χ3n) is 4.05. The van der Waals surface area contributed by atoms with Crippen molar-refractivity contribution in [1.29, 1.82) is 0 Å². The molecule has 3 atom stereocenters. The highest BCUT2D eigenvalue weighted by Gasteiger charge is 2.41. The van der Waals surface area contributed by atoms with Crippen LogP contribution in [0.5, 0.6) is 0 Å². The number of likely N-dealkylation sites (tertiary alicyclic amines) is 1. The lowest BCUT2D eigenvalue weighted by molar-refractivity contribution is -0.131. The Labute approximate surface area is 102 Å². The van der Waals surface area contributed by atoms with E-state index in [1.807, 2.05) is 0 Å². The van der Waals surface area contributed by atoms with Crippen LogP contribution in [0.4, 0.5) is 0 Å². The zero-order valence-corrected chi connectivity index (χ0v) is 10.9. The van der Waals surface area contributed by atoms with Crippen molar-refractivity contribution >= 4 is 15.9 Å². The molecule has 98 valence electrons. The predicted octanol–water partition coefficient (Wildman–Crippen LogP) is 0.455. The smallest absolute Gasteiger partial charge is 0.224 e. The first-order chi connectivity index (χ1) is 7.89. The first kappa shape index (κ1) is 12.8. The summed E-state index contributed by atoms with van der Waals surface area (Å²) in [6.45, 7) is 2.42. The molecule has 1 amide bonds. The molecule has 3 unspecified atom stereocenters. The highest BCUT2D eigenvalue weighted by molar-refractivity contribution is 7.89. The summed E-state index contributed by atoms with van der Waals surface area (Å²) in [5.41, 5.74) is 0. The fraction of sp³-hybridized carbons (Fsp3) is 0.909. The van der Waals surface area contributed by atoms with E-state index < -0.39 is 15.3 Å². The molecule has 2 aliphatic rings. The second-order valence-corrected chi connectivity index (χ2v) is 7.14. The maximum atomic E-state index is 11.9. The van der Waals surface area contributed by atoms with Gasteiger partial charge < -0.3 is 4.90 Å². The summed E-state index contributed by atoms with van der Waals surface area (Å²) >= 11 is 0. The average Bonchev–Trinajstić information content (AvgIpc) is 2.61. The summed E-state index contributed by atoms with van der Waals surface area (Å²) in [5.74, 6) is 0.412. The van der Waals surface area contributed by atoms with Crippen LogP contribution in [0, 0.1) is 5.92 Å². The van der Waals surface area contributed by atoms with Gasteiger partial charge in [-0.2, -0.15) is 0 Å². The molecule has 0 bridgehead atoms. The molecule has 0 aromatic carbocycles. The zero-order chi connectivity index (χ0) is 12.6. The Balaban J connectivity index is 2.10. The Bertz CT molecular complexity index is 407. The second-order valence-electron chi connectivity index (χ2n) is 5.29. The Morgan fingerprint density at radius 1 is 1.29 bits per heavy atom. The highest BCUT2D eigenvalue weighted by atomic mass is 32.2. The van der Waals surface area contributed by atoms with E-state index in [-0.39, 0.29) is 24.9 Å². The Kier molecular flexibility index (Phi) is 3.45. The van der Waals surface area contributed by atoms with Crippen LogP contribution in [0.3, 0.4) is 0 Å². The van der Waals surface area contributed by atoms with Gasteiger partial charge in [0.2, 0.25) is 15.9 Å². The third-order valence-corrected chi connectivity index (χ3v) is 5.30. The predicted molar refractivity (Wildman–Crippen MR) is 64.6 cm³/mol. The lowest BCUT2D eigenvalue weighted by Gasteiger charge is -2.36. The number of carbonyl (C=O) groups is 1. The van der Waals surface area contributed by atoms with E-state index in [1.165, 1.54) is 6.42 Å². The number of amides is 1. The summed E-state index contributed by atoms with van der Waals surface area (Å²) in [7, 11) is -3.59. The van der Waals surface area contributed by atoms with Gasteiger partial charge in [0.1, 0.15) is 5.25 Å². The molecule has 0 aromatic heterocycles. The number of sulfonamides is 1. The molecule has 0 radical (unpaired) electrons. The zero-order valence-electron chi connectivity index (χ0n) is 10.1. The van der Waals surface area contributed by atoms with Gasteiger partial charge in [-0.3, -0.25) is 4.79 Å². The topological polar surface area (TPSA) is 80.5 Å². The lowest BCUT2D eigenvalue weighted by atomic mass is 9.85. The summed E-state index contributed by atoms with van der Waals surface area (Å²) in [4.78, 5) is 13.6. The van der Waals surface area contributed by atoms with Crippen LogP contribution in [0.2, 0.25) is 0 Å². The summed E-state index contributed by atoms with van der Waals surface area (Å²) < 4.78 is 22.6. The molecule has 1 saturated carbocycles. The molecule has 0 spiro atoms. The normalized spacial score (nSPS) is 35.3. The lowest BCUT2D eigenvalue weighted by Crippen LogP contribution is -2.43. The molecule has 5 nitrogen and oxygen atoms in total. The molecule has 1 saturated heterocycles. The van der Waals surface area contributed by atoms with Crippen LogP contribution in [-0.4, -0.2) is 37.1 Å². The van der Waals surface area contributed by atoms with Gasteiger partial charge in [-0.15, -0.1) is 0 Å². The van der Waals surface area contributed by atoms with Crippen LogP contribution in [0.15, 0.2) is 0 Å². The Hall–Kier alpha value is -0.620. The number of nitrogens with zero attached hydrogens (tertiary/aromatic N) is 1. The van der Waals surface area contributed by atoms with Gasteiger partial charge in [-0.25, -0.2) is 13.6 Å². The van der Waals surface area contributed by atoms with Crippen molar-refractivity contribution in [2.24, 2.45) is 11.1 Å². The molecule has 1 aliphatic heterocycles. The molecule has 1 heterocycles. The summed E-state index contributed by atoms with van der Waals surface area (Å²) in [6.07, 6.45) is 4.50. The largest absolute Gasteiger partial charge is 0.338 e. The van der Waals surface area contributed by atoms with Crippen LogP contribution < -0.4 is 5.14 Å². The molecular formula is C11H20N2O3S. The van der Waals surface area contributed by atoms with E-state index in [0.717, 1.165) is 19.3 Å². The van der Waals surface area contributed by atoms with Crippen molar-refractivity contribution in [2.45, 2.75) is 50.3 Å². The van der Waals surface area contributed by atoms with Crippen LogP contribution >= 0.6 is 0 Å². The quantitative estimate of drug-likeness (QED) is 0.783. The van der Waals surface area contributed by atoms with E-state index in [9.17, 15) is 13.2 Å². The average molecular weight is 260 g/mol. The molecule has 0 aromatic rings. The Morgan fingerprint density at radius 3 is 2.47 bits per heavy atom. The van der Waals surface area contributed by atoms with Gasteiger partial charge in [0.25, 0.3) is 0 Å². The maximum absolute atomic E-state index is 11.9. The molecule has 1 aliphatic carbocycles. The van der Waals surface area contributed by atoms with Crippen LogP contribution in [0.1, 0.15) is 39.0 Å². The summed E-state index contributed by atoms with van der Waals surface area (Å²) in [5, 5.41) is 4.42. The minimum Gasteiger partial charge on any atom is -0.338 e. The Morgan fingerprint density at radius 2 is 1.94 bits per heavy atom. The number of primary sulfonamides is 1. The van der Waals surface area contributed by atoms with Crippen molar-refractivity contribution in [3.63, 3.8) is 0 Å². The van der Waals surface area contributed by atoms with Crippen molar-refractivity contribution in [3.05, 3.63) is 0 Å². The minimum absolute atomic E-state index is 0.0530. The van der Waals surface area contributed by atoms with Gasteiger partial charge in [0, 0.05) is 19.0 Å². The molecule has 6 heteroatoms. The van der Waals surface area contributed by atoms with Crippen molar-refractivity contribution in [2.75, 3.05) is 6.54 Å². The third kappa shape index (κ3) is 2.63. The monoisotopic (exact) mass is 260 g/mol. The minimum atomic E-state index is -3.59. The van der Waals surface area contributed by atoms with Crippen LogP contribution in [-0.2, 0) is 14.8 Å². The van der Waals surface area contributed by atoms with E-state index in [2.05, 4.69) is 6.92 Å². The van der Waals surface area contributed by atoms with E-state index in [0.29, 0.717) is 5.92 Å². The van der Waals surface area contributed by atoms with E-state index in [4.69, 9.17) is 5.14 Å². The van der Waals surface area contributed by atoms with E-state index >= 15 is 0 Å². The number of hydrogen-bond acceptors (Lipinski definition) is 3. The number of rotatable bonds is 2. The standard InChI is InChI=1S/C11H20N2O3S/c1-8-4-2-3-5-10(8)13-7-9(6-11(13)14)17(12,15)16/h8-10H,2-7H2,1H3,(H2,12,15,16). The van der Waals surface area contributed by atoms with Gasteiger partial charge >= 0.3 is 0 Å². The van der Waals surface area contributed by atoms with Crippen molar-refractivity contribution in [3.8, 4) is 0 Å². The number of hydrogen-bond donors (Lipinski definition) is 1. The molecular weight excluding hydrogens is 240 g/mol.